The number of benzene rings is 1. The van der Waals surface area contributed by atoms with Gasteiger partial charge in [-0.3, -0.25) is 4.90 Å². The van der Waals surface area contributed by atoms with E-state index in [4.69, 9.17) is 17.3 Å². The molecule has 1 heterocycles. The summed E-state index contributed by atoms with van der Waals surface area (Å²) in [5, 5.41) is 0.0829. The molecule has 1 unspecified atom stereocenters. The molecule has 2 rings (SSSR count). The topological polar surface area (TPSA) is 32.5 Å². The molecule has 1 fully saturated rings. The summed E-state index contributed by atoms with van der Waals surface area (Å²) in [6.45, 7) is 8.15. The van der Waals surface area contributed by atoms with E-state index in [9.17, 15) is 4.39 Å². The maximum atomic E-state index is 13.5. The van der Waals surface area contributed by atoms with Crippen LogP contribution in [0.2, 0.25) is 5.02 Å². The van der Waals surface area contributed by atoms with Crippen LogP contribution in [-0.4, -0.2) is 37.1 Å². The third kappa shape index (κ3) is 3.12. The van der Waals surface area contributed by atoms with Gasteiger partial charge in [0, 0.05) is 38.3 Å². The minimum absolute atomic E-state index is 0.0829. The fraction of sp³-hybridized carbons (Fsp3) is 0.571. The van der Waals surface area contributed by atoms with Gasteiger partial charge in [0.25, 0.3) is 0 Å². The maximum absolute atomic E-state index is 13.5. The molecule has 0 amide bonds. The number of halogens is 2. The first-order valence-corrected chi connectivity index (χ1v) is 7.14. The van der Waals surface area contributed by atoms with Crippen molar-refractivity contribution < 1.29 is 4.39 Å². The first-order valence-electron chi connectivity index (χ1n) is 6.76. The lowest BCUT2D eigenvalue weighted by atomic mass is 10.1. The van der Waals surface area contributed by atoms with Crippen LogP contribution in [0.25, 0.3) is 0 Å². The Morgan fingerprint density at radius 2 is 1.95 bits per heavy atom. The largest absolute Gasteiger partial charge is 0.397 e. The van der Waals surface area contributed by atoms with Crippen LogP contribution < -0.4 is 10.6 Å². The third-order valence-electron chi connectivity index (χ3n) is 3.94. The summed E-state index contributed by atoms with van der Waals surface area (Å²) in [6, 6.07) is 3.53. The normalized spacial score (nSPS) is 18.6. The SMILES string of the molecule is CCC(C)N1CCN(c2cc(F)c(Cl)cc2N)CC1. The van der Waals surface area contributed by atoms with E-state index in [0.29, 0.717) is 11.7 Å². The number of hydrogen-bond acceptors (Lipinski definition) is 3. The zero-order valence-electron chi connectivity index (χ0n) is 11.5. The van der Waals surface area contributed by atoms with E-state index < -0.39 is 5.82 Å². The van der Waals surface area contributed by atoms with Crippen LogP contribution in [0.15, 0.2) is 12.1 Å². The Kier molecular flexibility index (Phi) is 4.53. The highest BCUT2D eigenvalue weighted by Crippen LogP contribution is 2.30. The van der Waals surface area contributed by atoms with Crippen LogP contribution in [0.4, 0.5) is 15.8 Å². The van der Waals surface area contributed by atoms with Gasteiger partial charge in [-0.15, -0.1) is 0 Å². The third-order valence-corrected chi connectivity index (χ3v) is 4.23. The number of anilines is 2. The molecule has 1 aliphatic rings. The number of nitrogens with zero attached hydrogens (tertiary/aromatic N) is 2. The Morgan fingerprint density at radius 3 is 2.53 bits per heavy atom. The summed E-state index contributed by atoms with van der Waals surface area (Å²) in [4.78, 5) is 4.59. The molecule has 19 heavy (non-hydrogen) atoms. The molecule has 0 radical (unpaired) electrons. The van der Waals surface area contributed by atoms with Crippen molar-refractivity contribution in [2.45, 2.75) is 26.3 Å². The lowest BCUT2D eigenvalue weighted by Gasteiger charge is -2.39. The van der Waals surface area contributed by atoms with Crippen molar-refractivity contribution in [2.75, 3.05) is 36.8 Å². The zero-order valence-corrected chi connectivity index (χ0v) is 12.3. The van der Waals surface area contributed by atoms with E-state index in [1.54, 1.807) is 0 Å². The average Bonchev–Trinajstić information content (AvgIpc) is 2.42. The van der Waals surface area contributed by atoms with Crippen LogP contribution in [-0.2, 0) is 0 Å². The molecule has 1 aromatic rings. The quantitative estimate of drug-likeness (QED) is 0.867. The van der Waals surface area contributed by atoms with Gasteiger partial charge < -0.3 is 10.6 Å². The fourth-order valence-electron chi connectivity index (χ4n) is 2.49. The minimum atomic E-state index is -0.407. The predicted octanol–water partition coefficient (Wildman–Crippen LogP) is 2.98. The van der Waals surface area contributed by atoms with Crippen molar-refractivity contribution in [1.29, 1.82) is 0 Å². The van der Waals surface area contributed by atoms with E-state index in [-0.39, 0.29) is 5.02 Å². The van der Waals surface area contributed by atoms with Gasteiger partial charge in [0.05, 0.1) is 16.4 Å². The summed E-state index contributed by atoms with van der Waals surface area (Å²) in [7, 11) is 0. The van der Waals surface area contributed by atoms with E-state index >= 15 is 0 Å². The molecule has 0 aliphatic carbocycles. The molecule has 1 aliphatic heterocycles. The van der Waals surface area contributed by atoms with E-state index in [0.717, 1.165) is 38.3 Å². The summed E-state index contributed by atoms with van der Waals surface area (Å²) < 4.78 is 13.5. The number of nitrogen functional groups attached to an aromatic ring is 1. The molecular formula is C14H21ClFN3. The molecule has 1 atom stereocenters. The highest BCUT2D eigenvalue weighted by molar-refractivity contribution is 6.31. The van der Waals surface area contributed by atoms with Gasteiger partial charge in [0.1, 0.15) is 5.82 Å². The Labute approximate surface area is 119 Å². The summed E-state index contributed by atoms with van der Waals surface area (Å²) in [5.74, 6) is -0.407. The highest BCUT2D eigenvalue weighted by Gasteiger charge is 2.22. The van der Waals surface area contributed by atoms with Gasteiger partial charge in [-0.2, -0.15) is 0 Å². The summed E-state index contributed by atoms with van der Waals surface area (Å²) >= 11 is 5.73. The van der Waals surface area contributed by atoms with Crippen LogP contribution in [0.3, 0.4) is 0 Å². The minimum Gasteiger partial charge on any atom is -0.397 e. The lowest BCUT2D eigenvalue weighted by Crippen LogP contribution is -2.49. The maximum Gasteiger partial charge on any atom is 0.144 e. The van der Waals surface area contributed by atoms with Crippen LogP contribution in [0, 0.1) is 5.82 Å². The second-order valence-electron chi connectivity index (χ2n) is 5.11. The van der Waals surface area contributed by atoms with Crippen LogP contribution in [0.1, 0.15) is 20.3 Å². The molecule has 5 heteroatoms. The number of piperazine rings is 1. The monoisotopic (exact) mass is 285 g/mol. The van der Waals surface area contributed by atoms with Crippen LogP contribution in [0.5, 0.6) is 0 Å². The standard InChI is InChI=1S/C14H21ClFN3/c1-3-10(2)18-4-6-19(7-5-18)14-9-12(16)11(15)8-13(14)17/h8-10H,3-7,17H2,1-2H3. The Balaban J connectivity index is 2.07. The van der Waals surface area contributed by atoms with Gasteiger partial charge in [-0.25, -0.2) is 4.39 Å². The zero-order chi connectivity index (χ0) is 14.0. The molecule has 106 valence electrons. The Hall–Kier alpha value is -1.00. The molecule has 0 bridgehead atoms. The number of hydrogen-bond donors (Lipinski definition) is 1. The van der Waals surface area contributed by atoms with Crippen LogP contribution >= 0.6 is 11.6 Å². The summed E-state index contributed by atoms with van der Waals surface area (Å²) in [5.41, 5.74) is 7.24. The molecule has 1 aromatic carbocycles. The van der Waals surface area contributed by atoms with E-state index in [2.05, 4.69) is 23.6 Å². The van der Waals surface area contributed by atoms with Crippen molar-refractivity contribution in [2.24, 2.45) is 0 Å². The van der Waals surface area contributed by atoms with Gasteiger partial charge in [-0.1, -0.05) is 18.5 Å². The second kappa shape index (κ2) is 5.97. The van der Waals surface area contributed by atoms with Crippen molar-refractivity contribution in [1.82, 2.24) is 4.90 Å². The average molecular weight is 286 g/mol. The molecular weight excluding hydrogens is 265 g/mol. The van der Waals surface area contributed by atoms with E-state index in [1.165, 1.54) is 12.1 Å². The molecule has 3 nitrogen and oxygen atoms in total. The first kappa shape index (κ1) is 14.4. The first-order chi connectivity index (χ1) is 9.02. The molecule has 1 saturated heterocycles. The smallest absolute Gasteiger partial charge is 0.144 e. The highest BCUT2D eigenvalue weighted by atomic mass is 35.5. The Bertz CT molecular complexity index is 445. The van der Waals surface area contributed by atoms with Crippen molar-refractivity contribution in [3.05, 3.63) is 23.0 Å². The van der Waals surface area contributed by atoms with Gasteiger partial charge >= 0.3 is 0 Å². The lowest BCUT2D eigenvalue weighted by molar-refractivity contribution is 0.193. The van der Waals surface area contributed by atoms with E-state index in [1.807, 2.05) is 0 Å². The predicted molar refractivity (Wildman–Crippen MR) is 79.4 cm³/mol. The van der Waals surface area contributed by atoms with Gasteiger partial charge in [0.15, 0.2) is 0 Å². The molecule has 0 aromatic heterocycles. The van der Waals surface area contributed by atoms with Crippen molar-refractivity contribution in [3.63, 3.8) is 0 Å². The molecule has 2 N–H and O–H groups in total. The molecule has 0 saturated carbocycles. The second-order valence-corrected chi connectivity index (χ2v) is 5.51. The number of rotatable bonds is 3. The summed E-state index contributed by atoms with van der Waals surface area (Å²) in [6.07, 6.45) is 1.15. The number of nitrogens with two attached hydrogens (primary N) is 1. The van der Waals surface area contributed by atoms with Gasteiger partial charge in [-0.05, 0) is 19.4 Å². The van der Waals surface area contributed by atoms with Crippen molar-refractivity contribution >= 4 is 23.0 Å². The van der Waals surface area contributed by atoms with Crippen molar-refractivity contribution in [3.8, 4) is 0 Å². The molecule has 0 spiro atoms. The Morgan fingerprint density at radius 1 is 1.32 bits per heavy atom. The van der Waals surface area contributed by atoms with Gasteiger partial charge in [0.2, 0.25) is 0 Å². The fourth-order valence-corrected chi connectivity index (χ4v) is 2.66.